The zero-order valence-corrected chi connectivity index (χ0v) is 19.8. The molecule has 6 nitrogen and oxygen atoms in total. The van der Waals surface area contributed by atoms with Crippen LogP contribution in [0.3, 0.4) is 0 Å². The topological polar surface area (TPSA) is 55.4 Å². The first-order valence-corrected chi connectivity index (χ1v) is 11.2. The maximum Gasteiger partial charge on any atom is 0.576 e. The van der Waals surface area contributed by atoms with Gasteiger partial charge in [-0.05, 0) is 36.4 Å². The number of ether oxygens (including phenoxy) is 4. The molecule has 0 atom stereocenters. The van der Waals surface area contributed by atoms with Gasteiger partial charge < -0.3 is 28.3 Å². The van der Waals surface area contributed by atoms with Gasteiger partial charge in [-0.2, -0.15) is 0 Å². The first kappa shape index (κ1) is 23.9. The third-order valence-electron chi connectivity index (χ3n) is 5.24. The van der Waals surface area contributed by atoms with Gasteiger partial charge in [0.2, 0.25) is 0 Å². The maximum atomic E-state index is 5.91. The van der Waals surface area contributed by atoms with E-state index in [1.54, 1.807) is 14.2 Å². The van der Waals surface area contributed by atoms with Crippen LogP contribution >= 0.6 is 0 Å². The van der Waals surface area contributed by atoms with Crippen LogP contribution in [0.4, 0.5) is 0 Å². The third kappa shape index (κ3) is 6.87. The average molecular weight is 470 g/mol. The van der Waals surface area contributed by atoms with Crippen LogP contribution in [0.15, 0.2) is 97.1 Å². The fourth-order valence-corrected chi connectivity index (χ4v) is 3.44. The summed E-state index contributed by atoms with van der Waals surface area (Å²) >= 11 is 0. The Morgan fingerprint density at radius 3 is 1.40 bits per heavy atom. The Labute approximate surface area is 206 Å². The Bertz CT molecular complexity index is 1130. The van der Waals surface area contributed by atoms with Gasteiger partial charge in [-0.3, -0.25) is 0 Å². The molecule has 0 fully saturated rings. The second-order valence-electron chi connectivity index (χ2n) is 7.56. The third-order valence-corrected chi connectivity index (χ3v) is 5.24. The van der Waals surface area contributed by atoms with Gasteiger partial charge in [-0.15, -0.1) is 0 Å². The minimum Gasteiger partial charge on any atom is -0.528 e. The molecule has 0 N–H and O–H groups in total. The molecule has 0 saturated carbocycles. The van der Waals surface area contributed by atoms with E-state index in [0.29, 0.717) is 36.2 Å². The Hall–Kier alpha value is -4.26. The van der Waals surface area contributed by atoms with Crippen molar-refractivity contribution >= 4 is 7.69 Å². The molecule has 4 aromatic rings. The smallest absolute Gasteiger partial charge is 0.528 e. The first-order valence-electron chi connectivity index (χ1n) is 11.2. The Balaban J connectivity index is 1.27. The fraction of sp³-hybridized carbons (Fsp3) is 0.143. The highest BCUT2D eigenvalue weighted by atomic mass is 16.6. The van der Waals surface area contributed by atoms with Gasteiger partial charge in [0.25, 0.3) is 0 Å². The van der Waals surface area contributed by atoms with Crippen molar-refractivity contribution < 1.29 is 28.3 Å². The molecular weight excluding hydrogens is 443 g/mol. The zero-order valence-electron chi connectivity index (χ0n) is 19.8. The van der Waals surface area contributed by atoms with Gasteiger partial charge in [0.15, 0.2) is 0 Å². The normalized spacial score (nSPS) is 10.2. The van der Waals surface area contributed by atoms with Crippen molar-refractivity contribution in [1.29, 1.82) is 0 Å². The lowest BCUT2D eigenvalue weighted by Crippen LogP contribution is -2.11. The standard InChI is InChI=1S/C28H27BO6/c1-30-27-15-5-3-9-21(27)19-32-23-11-7-13-25(17-23)34-29-35-26-14-8-12-24(18-26)33-20-22-10-4-6-16-28(22)31-2/h3-18,29H,19-20H2,1-2H3. The molecule has 0 aromatic heterocycles. The number of benzene rings is 4. The highest BCUT2D eigenvalue weighted by Crippen LogP contribution is 2.25. The Kier molecular flexibility index (Phi) is 8.38. The largest absolute Gasteiger partial charge is 0.576 e. The van der Waals surface area contributed by atoms with Crippen LogP contribution in [0, 0.1) is 0 Å². The molecule has 0 amide bonds. The van der Waals surface area contributed by atoms with Crippen molar-refractivity contribution in [1.82, 2.24) is 0 Å². The molecule has 0 aliphatic carbocycles. The van der Waals surface area contributed by atoms with E-state index in [1.807, 2.05) is 97.1 Å². The van der Waals surface area contributed by atoms with E-state index in [-0.39, 0.29) is 7.69 Å². The van der Waals surface area contributed by atoms with E-state index >= 15 is 0 Å². The predicted molar refractivity (Wildman–Crippen MR) is 136 cm³/mol. The molecule has 0 heterocycles. The van der Waals surface area contributed by atoms with Crippen LogP contribution in [0.5, 0.6) is 34.5 Å². The van der Waals surface area contributed by atoms with E-state index in [2.05, 4.69) is 0 Å². The molecule has 4 aromatic carbocycles. The van der Waals surface area contributed by atoms with Crippen molar-refractivity contribution in [2.45, 2.75) is 13.2 Å². The summed E-state index contributed by atoms with van der Waals surface area (Å²) in [5, 5.41) is 0. The lowest BCUT2D eigenvalue weighted by Gasteiger charge is -2.13. The van der Waals surface area contributed by atoms with Crippen LogP contribution in [0.1, 0.15) is 11.1 Å². The van der Waals surface area contributed by atoms with E-state index in [0.717, 1.165) is 22.6 Å². The summed E-state index contributed by atoms with van der Waals surface area (Å²) in [6, 6.07) is 30.4. The molecule has 0 saturated heterocycles. The quantitative estimate of drug-likeness (QED) is 0.252. The Morgan fingerprint density at radius 1 is 0.514 bits per heavy atom. The van der Waals surface area contributed by atoms with Crippen LogP contribution in [-0.2, 0) is 13.2 Å². The molecule has 7 heteroatoms. The summed E-state index contributed by atoms with van der Waals surface area (Å²) in [7, 11) is 3.34. The molecule has 35 heavy (non-hydrogen) atoms. The van der Waals surface area contributed by atoms with E-state index in [4.69, 9.17) is 28.3 Å². The summed E-state index contributed by atoms with van der Waals surface area (Å²) < 4.78 is 34.1. The maximum absolute atomic E-state index is 5.91. The van der Waals surface area contributed by atoms with E-state index in [9.17, 15) is 0 Å². The van der Waals surface area contributed by atoms with Gasteiger partial charge >= 0.3 is 7.69 Å². The van der Waals surface area contributed by atoms with Crippen molar-refractivity contribution in [2.24, 2.45) is 0 Å². The highest BCUT2D eigenvalue weighted by Gasteiger charge is 2.07. The number of methoxy groups -OCH3 is 2. The molecule has 178 valence electrons. The summed E-state index contributed by atoms with van der Waals surface area (Å²) in [5.74, 6) is 4.27. The van der Waals surface area contributed by atoms with Crippen molar-refractivity contribution in [3.05, 3.63) is 108 Å². The molecule has 4 rings (SSSR count). The first-order chi connectivity index (χ1) is 17.2. The molecule has 0 bridgehead atoms. The number of hydrogen-bond acceptors (Lipinski definition) is 6. The molecule has 0 aliphatic heterocycles. The number of para-hydroxylation sites is 2. The SMILES string of the molecule is COc1ccccc1COc1cccc(OBOc2cccc(OCc3ccccc3OC)c2)c1. The van der Waals surface area contributed by atoms with Crippen LogP contribution in [0.25, 0.3) is 0 Å². The van der Waals surface area contributed by atoms with Gasteiger partial charge in [0, 0.05) is 23.3 Å². The summed E-state index contributed by atoms with van der Waals surface area (Å²) in [5.41, 5.74) is 1.94. The van der Waals surface area contributed by atoms with Gasteiger partial charge in [-0.25, -0.2) is 0 Å². The molecule has 0 spiro atoms. The minimum atomic E-state index is 0.0475. The average Bonchev–Trinajstić information content (AvgIpc) is 2.91. The number of hydrogen-bond donors (Lipinski definition) is 0. The molecular formula is C28H27BO6. The lowest BCUT2D eigenvalue weighted by atomic mass is 10.2. The monoisotopic (exact) mass is 470 g/mol. The van der Waals surface area contributed by atoms with Crippen molar-refractivity contribution in [3.63, 3.8) is 0 Å². The second kappa shape index (κ2) is 12.3. The van der Waals surface area contributed by atoms with Crippen LogP contribution in [-0.4, -0.2) is 21.9 Å². The fourth-order valence-electron chi connectivity index (χ4n) is 3.44. The van der Waals surface area contributed by atoms with E-state index < -0.39 is 0 Å². The summed E-state index contributed by atoms with van der Waals surface area (Å²) in [6.07, 6.45) is 0. The van der Waals surface area contributed by atoms with Gasteiger partial charge in [0.05, 0.1) is 14.2 Å². The minimum absolute atomic E-state index is 0.0475. The Morgan fingerprint density at radius 2 is 0.943 bits per heavy atom. The number of rotatable bonds is 12. The van der Waals surface area contributed by atoms with E-state index in [1.165, 1.54) is 0 Å². The molecule has 0 aliphatic rings. The van der Waals surface area contributed by atoms with Gasteiger partial charge in [-0.1, -0.05) is 48.5 Å². The van der Waals surface area contributed by atoms with Crippen LogP contribution < -0.4 is 28.3 Å². The van der Waals surface area contributed by atoms with Crippen molar-refractivity contribution in [2.75, 3.05) is 14.2 Å². The lowest BCUT2D eigenvalue weighted by molar-refractivity contribution is 0.295. The molecule has 0 unspecified atom stereocenters. The predicted octanol–water partition coefficient (Wildman–Crippen LogP) is 5.59. The summed E-state index contributed by atoms with van der Waals surface area (Å²) in [6.45, 7) is 0.789. The van der Waals surface area contributed by atoms with Crippen LogP contribution in [0.2, 0.25) is 0 Å². The highest BCUT2D eigenvalue weighted by molar-refractivity contribution is 6.20. The zero-order chi connectivity index (χ0) is 24.3. The molecule has 0 radical (unpaired) electrons. The summed E-state index contributed by atoms with van der Waals surface area (Å²) in [4.78, 5) is 0. The van der Waals surface area contributed by atoms with Gasteiger partial charge in [0.1, 0.15) is 47.7 Å². The van der Waals surface area contributed by atoms with Crippen molar-refractivity contribution in [3.8, 4) is 34.5 Å². The second-order valence-corrected chi connectivity index (χ2v) is 7.56.